The zero-order valence-corrected chi connectivity index (χ0v) is 19.1. The fourth-order valence-corrected chi connectivity index (χ4v) is 3.18. The van der Waals surface area contributed by atoms with E-state index in [0.717, 1.165) is 12.0 Å². The topological polar surface area (TPSA) is 80.4 Å². The lowest BCUT2D eigenvalue weighted by Gasteiger charge is -2.32. The summed E-state index contributed by atoms with van der Waals surface area (Å²) in [5.41, 5.74) is 0.248. The fourth-order valence-electron chi connectivity index (χ4n) is 3.18. The minimum Gasteiger partial charge on any atom is -0.569 e. The fraction of sp³-hybridized carbons (Fsp3) is 0.682. The van der Waals surface area contributed by atoms with Gasteiger partial charge in [-0.05, 0) is 53.5 Å². The van der Waals surface area contributed by atoms with Crippen LogP contribution in [0.1, 0.15) is 59.9 Å². The van der Waals surface area contributed by atoms with Crippen LogP contribution in [0.4, 0.5) is 4.79 Å². The quantitative estimate of drug-likeness (QED) is 0.383. The van der Waals surface area contributed by atoms with Gasteiger partial charge in [0.15, 0.2) is 0 Å². The first-order valence-electron chi connectivity index (χ1n) is 10.6. The summed E-state index contributed by atoms with van der Waals surface area (Å²) < 4.78 is 5.40. The summed E-state index contributed by atoms with van der Waals surface area (Å²) in [4.78, 5) is 19.9. The Bertz CT molecular complexity index is 702. The van der Waals surface area contributed by atoms with Gasteiger partial charge in [0.25, 0.3) is 0 Å². The maximum Gasteiger partial charge on any atom is 0.410 e. The van der Waals surface area contributed by atoms with E-state index < -0.39 is 11.1 Å². The molecule has 1 saturated heterocycles. The van der Waals surface area contributed by atoms with E-state index in [0.29, 0.717) is 37.4 Å². The molecule has 0 saturated carbocycles. The minimum absolute atomic E-state index is 0.198. The molecule has 1 heterocycles. The Balaban J connectivity index is 1.88. The van der Waals surface area contributed by atoms with Gasteiger partial charge in [-0.25, -0.2) is 4.79 Å². The third kappa shape index (κ3) is 7.72. The lowest BCUT2D eigenvalue weighted by Crippen LogP contribution is -2.47. The SMILES string of the molecule is CC(C)(C)OC(=O)N1CCC(O/N=[N+](\[O-])N(CCc2ccccc2)C(C)(C)C)CC1. The van der Waals surface area contributed by atoms with E-state index >= 15 is 0 Å². The molecule has 0 radical (unpaired) electrons. The lowest BCUT2D eigenvalue weighted by atomic mass is 10.1. The van der Waals surface area contributed by atoms with E-state index in [1.807, 2.05) is 71.9 Å². The van der Waals surface area contributed by atoms with Crippen LogP contribution in [-0.2, 0) is 16.0 Å². The molecular formula is C22H36N4O4. The Hall–Kier alpha value is -2.51. The Labute approximate surface area is 180 Å². The predicted molar refractivity (Wildman–Crippen MR) is 115 cm³/mol. The van der Waals surface area contributed by atoms with Gasteiger partial charge in [-0.1, -0.05) is 30.3 Å². The first-order chi connectivity index (χ1) is 14.0. The number of hydrazine groups is 1. The molecule has 0 aliphatic carbocycles. The van der Waals surface area contributed by atoms with Crippen LogP contribution < -0.4 is 0 Å². The molecule has 1 fully saturated rings. The molecule has 0 atom stereocenters. The molecule has 1 aromatic carbocycles. The van der Waals surface area contributed by atoms with Gasteiger partial charge in [-0.3, -0.25) is 0 Å². The van der Waals surface area contributed by atoms with E-state index in [1.54, 1.807) is 9.91 Å². The van der Waals surface area contributed by atoms with E-state index in [2.05, 4.69) is 5.28 Å². The number of benzene rings is 1. The van der Waals surface area contributed by atoms with Crippen LogP contribution in [0, 0.1) is 5.21 Å². The van der Waals surface area contributed by atoms with Gasteiger partial charge in [0.05, 0.1) is 17.1 Å². The molecule has 1 amide bonds. The number of nitrogens with zero attached hydrogens (tertiary/aromatic N) is 4. The second kappa shape index (κ2) is 10.00. The molecule has 168 valence electrons. The van der Waals surface area contributed by atoms with Crippen molar-refractivity contribution in [2.24, 2.45) is 5.28 Å². The normalized spacial score (nSPS) is 16.3. The maximum atomic E-state index is 12.6. The summed E-state index contributed by atoms with van der Waals surface area (Å²) >= 11 is 0. The van der Waals surface area contributed by atoms with Gasteiger partial charge < -0.3 is 19.7 Å². The average Bonchev–Trinajstić information content (AvgIpc) is 2.65. The highest BCUT2D eigenvalue weighted by molar-refractivity contribution is 5.68. The first kappa shape index (κ1) is 23.8. The largest absolute Gasteiger partial charge is 0.569 e. The molecule has 0 spiro atoms. The summed E-state index contributed by atoms with van der Waals surface area (Å²) in [6.07, 6.45) is 1.44. The van der Waals surface area contributed by atoms with Crippen LogP contribution in [0.2, 0.25) is 0 Å². The number of carbonyl (C=O) groups is 1. The van der Waals surface area contributed by atoms with Crippen molar-refractivity contribution < 1.29 is 19.3 Å². The van der Waals surface area contributed by atoms with Crippen LogP contribution in [0.5, 0.6) is 0 Å². The summed E-state index contributed by atoms with van der Waals surface area (Å²) in [5, 5.41) is 18.1. The molecule has 1 aliphatic rings. The number of ether oxygens (including phenoxy) is 1. The van der Waals surface area contributed by atoms with Crippen LogP contribution in [0.15, 0.2) is 35.6 Å². The molecule has 0 bridgehead atoms. The molecule has 8 nitrogen and oxygen atoms in total. The second-order valence-electron chi connectivity index (χ2n) is 9.64. The minimum atomic E-state index is -0.515. The Morgan fingerprint density at radius 3 is 2.30 bits per heavy atom. The maximum absolute atomic E-state index is 12.6. The number of hydrogen-bond donors (Lipinski definition) is 0. The number of piperidine rings is 1. The second-order valence-corrected chi connectivity index (χ2v) is 9.64. The van der Waals surface area contributed by atoms with Crippen molar-refractivity contribution in [3.05, 3.63) is 41.1 Å². The Morgan fingerprint density at radius 1 is 1.17 bits per heavy atom. The lowest BCUT2D eigenvalue weighted by molar-refractivity contribution is -0.726. The summed E-state index contributed by atoms with van der Waals surface area (Å²) in [5.74, 6) is 0. The van der Waals surface area contributed by atoms with Gasteiger partial charge in [0.1, 0.15) is 11.7 Å². The summed E-state index contributed by atoms with van der Waals surface area (Å²) in [6, 6.07) is 10.0. The van der Waals surface area contributed by atoms with E-state index in [1.165, 1.54) is 0 Å². The van der Waals surface area contributed by atoms with Gasteiger partial charge in [-0.15, -0.1) is 5.01 Å². The Kier molecular flexibility index (Phi) is 7.92. The first-order valence-corrected chi connectivity index (χ1v) is 10.6. The Morgan fingerprint density at radius 2 is 1.77 bits per heavy atom. The number of likely N-dealkylation sites (tertiary alicyclic amines) is 1. The van der Waals surface area contributed by atoms with Crippen molar-refractivity contribution >= 4 is 6.09 Å². The van der Waals surface area contributed by atoms with Gasteiger partial charge in [0, 0.05) is 25.9 Å². The van der Waals surface area contributed by atoms with Crippen LogP contribution in [-0.4, -0.2) is 57.8 Å². The average molecular weight is 421 g/mol. The highest BCUT2D eigenvalue weighted by Crippen LogP contribution is 2.19. The van der Waals surface area contributed by atoms with Crippen LogP contribution >= 0.6 is 0 Å². The van der Waals surface area contributed by atoms with Crippen molar-refractivity contribution in [1.29, 1.82) is 0 Å². The summed E-state index contributed by atoms with van der Waals surface area (Å²) in [7, 11) is 0. The van der Waals surface area contributed by atoms with Crippen molar-refractivity contribution in [2.45, 2.75) is 78.0 Å². The van der Waals surface area contributed by atoms with E-state index in [9.17, 15) is 10.0 Å². The highest BCUT2D eigenvalue weighted by atomic mass is 16.7. The molecule has 0 aromatic heterocycles. The predicted octanol–water partition coefficient (Wildman–Crippen LogP) is 4.54. The third-order valence-corrected chi connectivity index (χ3v) is 4.80. The van der Waals surface area contributed by atoms with Gasteiger partial charge in [-0.2, -0.15) is 0 Å². The molecule has 30 heavy (non-hydrogen) atoms. The zero-order chi connectivity index (χ0) is 22.4. The van der Waals surface area contributed by atoms with Crippen molar-refractivity contribution in [3.63, 3.8) is 0 Å². The smallest absolute Gasteiger partial charge is 0.410 e. The molecule has 1 aromatic rings. The van der Waals surface area contributed by atoms with Crippen molar-refractivity contribution in [3.8, 4) is 0 Å². The van der Waals surface area contributed by atoms with Gasteiger partial charge >= 0.3 is 6.09 Å². The molecule has 2 rings (SSSR count). The molecule has 0 unspecified atom stereocenters. The molecule has 8 heteroatoms. The van der Waals surface area contributed by atoms with Crippen molar-refractivity contribution in [2.75, 3.05) is 19.6 Å². The van der Waals surface area contributed by atoms with E-state index in [4.69, 9.17) is 9.57 Å². The third-order valence-electron chi connectivity index (χ3n) is 4.80. The molecular weight excluding hydrogens is 384 g/mol. The number of rotatable bonds is 6. The summed E-state index contributed by atoms with van der Waals surface area (Å²) in [6.45, 7) is 13.0. The number of carbonyl (C=O) groups excluding carboxylic acids is 1. The van der Waals surface area contributed by atoms with Gasteiger partial charge in [0.2, 0.25) is 5.28 Å². The van der Waals surface area contributed by atoms with Crippen molar-refractivity contribution in [1.82, 2.24) is 9.91 Å². The van der Waals surface area contributed by atoms with E-state index in [-0.39, 0.29) is 12.2 Å². The van der Waals surface area contributed by atoms with Crippen LogP contribution in [0.3, 0.4) is 0 Å². The molecule has 1 aliphatic heterocycles. The highest BCUT2D eigenvalue weighted by Gasteiger charge is 2.31. The standard InChI is InChI=1S/C22H36N4O4/c1-21(2,3)25(17-12-18-10-8-7-9-11-18)26(28)23-30-19-13-15-24(16-14-19)20(27)29-22(4,5)6/h7-11,19H,12-17H2,1-6H3/b26-23-. The molecule has 0 N–H and O–H groups in total. The number of hydrogen-bond acceptors (Lipinski definition) is 5. The number of amides is 1. The monoisotopic (exact) mass is 420 g/mol. The van der Waals surface area contributed by atoms with Crippen LogP contribution in [0.25, 0.3) is 0 Å². The zero-order valence-electron chi connectivity index (χ0n) is 19.1.